The number of anilines is 1. The molecule has 33 heavy (non-hydrogen) atoms. The maximum Gasteiger partial charge on any atom is 0.433 e. The molecule has 2 aromatic rings. The van der Waals surface area contributed by atoms with Gasteiger partial charge in [-0.3, -0.25) is 4.79 Å². The average Bonchev–Trinajstić information content (AvgIpc) is 2.87. The normalized spacial score (nSPS) is 16.4. The van der Waals surface area contributed by atoms with E-state index in [9.17, 15) is 31.5 Å². The molecule has 0 bridgehead atoms. The van der Waals surface area contributed by atoms with Crippen molar-refractivity contribution in [2.24, 2.45) is 0 Å². The zero-order chi connectivity index (χ0) is 24.6. The molecule has 1 aliphatic heterocycles. The van der Waals surface area contributed by atoms with Crippen LogP contribution < -0.4 is 10.3 Å². The van der Waals surface area contributed by atoms with E-state index >= 15 is 0 Å². The highest BCUT2D eigenvalue weighted by Gasteiger charge is 2.37. The van der Waals surface area contributed by atoms with E-state index in [4.69, 9.17) is 4.74 Å². The maximum absolute atomic E-state index is 13.9. The molecule has 0 unspecified atom stereocenters. The summed E-state index contributed by atoms with van der Waals surface area (Å²) in [6.07, 6.45) is -5.58. The molecule has 0 aromatic carbocycles. The molecule has 0 saturated carbocycles. The second-order valence-electron chi connectivity index (χ2n) is 7.99. The lowest BCUT2D eigenvalue weighted by atomic mass is 10.0. The van der Waals surface area contributed by atoms with Gasteiger partial charge in [0.1, 0.15) is 17.1 Å². The number of ether oxygens (including phenoxy) is 1. The molecule has 0 amide bonds. The Hall–Kier alpha value is -2.98. The van der Waals surface area contributed by atoms with Gasteiger partial charge in [-0.2, -0.15) is 13.2 Å². The molecule has 0 atom stereocenters. The summed E-state index contributed by atoms with van der Waals surface area (Å²) in [7, 11) is 0. The van der Waals surface area contributed by atoms with Gasteiger partial charge in [-0.05, 0) is 38.8 Å². The molecule has 0 radical (unpaired) electrons. The number of hydrogen-bond donors (Lipinski definition) is 1. The zero-order valence-electron chi connectivity index (χ0n) is 18.4. The monoisotopic (exact) mass is 473 g/mol. The highest BCUT2D eigenvalue weighted by atomic mass is 19.4. The van der Waals surface area contributed by atoms with Crippen molar-refractivity contribution >= 4 is 11.8 Å². The lowest BCUT2D eigenvalue weighted by Crippen LogP contribution is -2.28. The van der Waals surface area contributed by atoms with Crippen molar-refractivity contribution in [3.05, 3.63) is 44.9 Å². The van der Waals surface area contributed by atoms with Crippen molar-refractivity contribution in [3.8, 4) is 11.3 Å². The van der Waals surface area contributed by atoms with Crippen LogP contribution in [0.5, 0.6) is 0 Å². The summed E-state index contributed by atoms with van der Waals surface area (Å²) in [6.45, 7) is 4.23. The van der Waals surface area contributed by atoms with E-state index in [1.807, 2.05) is 0 Å². The van der Waals surface area contributed by atoms with Gasteiger partial charge in [0, 0.05) is 43.3 Å². The van der Waals surface area contributed by atoms with Gasteiger partial charge in [0.05, 0.1) is 12.3 Å². The predicted molar refractivity (Wildman–Crippen MR) is 112 cm³/mol. The minimum Gasteiger partial charge on any atom is -0.462 e. The van der Waals surface area contributed by atoms with Crippen molar-refractivity contribution in [2.45, 2.75) is 52.1 Å². The second-order valence-corrected chi connectivity index (χ2v) is 7.99. The first-order valence-electron chi connectivity index (χ1n) is 10.5. The van der Waals surface area contributed by atoms with E-state index in [1.165, 1.54) is 24.8 Å². The van der Waals surface area contributed by atoms with Crippen LogP contribution in [0.2, 0.25) is 0 Å². The molecular formula is C22H24F5N3O3. The van der Waals surface area contributed by atoms with E-state index in [1.54, 1.807) is 6.92 Å². The molecule has 3 heterocycles. The molecule has 1 N–H and O–H groups in total. The number of rotatable bonds is 4. The lowest BCUT2D eigenvalue weighted by Gasteiger charge is -2.26. The first kappa shape index (κ1) is 24.7. The summed E-state index contributed by atoms with van der Waals surface area (Å²) in [4.78, 5) is 32.8. The van der Waals surface area contributed by atoms with Gasteiger partial charge in [0.2, 0.25) is 5.92 Å². The number of nitrogens with zero attached hydrogens (tertiary/aromatic N) is 2. The van der Waals surface area contributed by atoms with Crippen molar-refractivity contribution < 1.29 is 31.5 Å². The Morgan fingerprint density at radius 2 is 1.91 bits per heavy atom. The van der Waals surface area contributed by atoms with Gasteiger partial charge >= 0.3 is 12.1 Å². The summed E-state index contributed by atoms with van der Waals surface area (Å²) < 4.78 is 73.3. The van der Waals surface area contributed by atoms with Gasteiger partial charge in [-0.15, -0.1) is 0 Å². The average molecular weight is 473 g/mol. The molecular weight excluding hydrogens is 449 g/mol. The van der Waals surface area contributed by atoms with Crippen molar-refractivity contribution in [2.75, 3.05) is 24.6 Å². The molecule has 11 heteroatoms. The van der Waals surface area contributed by atoms with Crippen molar-refractivity contribution in [1.29, 1.82) is 0 Å². The largest absolute Gasteiger partial charge is 0.462 e. The Morgan fingerprint density at radius 3 is 2.52 bits per heavy atom. The fourth-order valence-corrected chi connectivity index (χ4v) is 3.90. The SMILES string of the molecule is CCOC(=O)c1c(C)[nH]c(-c2cc(C)c(C(F)(F)F)nc2N2CCCC(F)(F)CC2)cc1=O. The highest BCUT2D eigenvalue weighted by molar-refractivity contribution is 5.91. The zero-order valence-corrected chi connectivity index (χ0v) is 18.4. The number of pyridine rings is 2. The summed E-state index contributed by atoms with van der Waals surface area (Å²) in [5, 5.41) is 0. The lowest BCUT2D eigenvalue weighted by molar-refractivity contribution is -0.141. The molecule has 6 nitrogen and oxygen atoms in total. The van der Waals surface area contributed by atoms with Crippen LogP contribution in [-0.4, -0.2) is 41.6 Å². The van der Waals surface area contributed by atoms with E-state index < -0.39 is 35.6 Å². The van der Waals surface area contributed by atoms with Crippen molar-refractivity contribution in [1.82, 2.24) is 9.97 Å². The third-order valence-corrected chi connectivity index (χ3v) is 5.47. The van der Waals surface area contributed by atoms with Crippen molar-refractivity contribution in [3.63, 3.8) is 0 Å². The number of aryl methyl sites for hydroxylation is 2. The predicted octanol–water partition coefficient (Wildman–Crippen LogP) is 4.87. The Balaban J connectivity index is 2.18. The number of carbonyl (C=O) groups is 1. The molecule has 1 saturated heterocycles. The molecule has 0 spiro atoms. The number of aromatic amines is 1. The minimum atomic E-state index is -4.75. The number of halogens is 5. The summed E-state index contributed by atoms with van der Waals surface area (Å²) >= 11 is 0. The Bertz CT molecular complexity index is 1110. The van der Waals surface area contributed by atoms with Crippen LogP contribution in [0.3, 0.4) is 0 Å². The molecule has 1 aliphatic rings. The quantitative estimate of drug-likeness (QED) is 0.506. The van der Waals surface area contributed by atoms with Crippen LogP contribution >= 0.6 is 0 Å². The molecule has 1 fully saturated rings. The number of carbonyl (C=O) groups excluding carboxylic acids is 1. The Labute approximate surface area is 186 Å². The topological polar surface area (TPSA) is 75.3 Å². The standard InChI is InChI=1S/C22H24F5N3O3/c1-4-33-20(32)17-13(3)28-15(11-16(17)31)14-10-12(2)18(22(25,26)27)29-19(14)30-8-5-6-21(23,24)7-9-30/h10-11H,4-9H2,1-3H3,(H,28,31). The second kappa shape index (κ2) is 9.11. The summed E-state index contributed by atoms with van der Waals surface area (Å²) in [6, 6.07) is 2.31. The number of H-pyrrole nitrogens is 1. The minimum absolute atomic E-state index is 0.0607. The molecule has 180 valence electrons. The third kappa shape index (κ3) is 5.33. The fraction of sp³-hybridized carbons (Fsp3) is 0.500. The van der Waals surface area contributed by atoms with E-state index in [-0.39, 0.29) is 66.4 Å². The summed E-state index contributed by atoms with van der Waals surface area (Å²) in [5.74, 6) is -3.89. The Morgan fingerprint density at radius 1 is 1.21 bits per heavy atom. The van der Waals surface area contributed by atoms with Gasteiger partial charge in [-0.1, -0.05) is 0 Å². The van der Waals surface area contributed by atoms with Crippen LogP contribution in [0.4, 0.5) is 27.8 Å². The Kier molecular flexibility index (Phi) is 6.80. The van der Waals surface area contributed by atoms with E-state index in [0.29, 0.717) is 0 Å². The maximum atomic E-state index is 13.9. The van der Waals surface area contributed by atoms with Gasteiger partial charge < -0.3 is 14.6 Å². The van der Waals surface area contributed by atoms with Gasteiger partial charge in [0.15, 0.2) is 5.43 Å². The number of aromatic nitrogens is 2. The highest BCUT2D eigenvalue weighted by Crippen LogP contribution is 2.38. The number of nitrogens with one attached hydrogen (secondary N) is 1. The first-order chi connectivity index (χ1) is 15.3. The number of esters is 1. The van der Waals surface area contributed by atoms with E-state index in [2.05, 4.69) is 9.97 Å². The van der Waals surface area contributed by atoms with Gasteiger partial charge in [-0.25, -0.2) is 18.6 Å². The molecule has 2 aromatic heterocycles. The summed E-state index contributed by atoms with van der Waals surface area (Å²) in [5.41, 5.74) is -1.75. The molecule has 0 aliphatic carbocycles. The van der Waals surface area contributed by atoms with Crippen LogP contribution in [0.25, 0.3) is 11.3 Å². The molecule has 3 rings (SSSR count). The third-order valence-electron chi connectivity index (χ3n) is 5.47. The van der Waals surface area contributed by atoms with Crippen LogP contribution in [-0.2, 0) is 10.9 Å². The van der Waals surface area contributed by atoms with Gasteiger partial charge in [0.25, 0.3) is 0 Å². The smallest absolute Gasteiger partial charge is 0.433 e. The van der Waals surface area contributed by atoms with Crippen LogP contribution in [0, 0.1) is 13.8 Å². The number of hydrogen-bond acceptors (Lipinski definition) is 5. The fourth-order valence-electron chi connectivity index (χ4n) is 3.90. The van der Waals surface area contributed by atoms with Crippen LogP contribution in [0.15, 0.2) is 16.9 Å². The first-order valence-corrected chi connectivity index (χ1v) is 10.5. The van der Waals surface area contributed by atoms with Crippen LogP contribution in [0.1, 0.15) is 53.5 Å². The van der Waals surface area contributed by atoms with E-state index in [0.717, 1.165) is 6.07 Å². The number of alkyl halides is 5.